The lowest BCUT2D eigenvalue weighted by molar-refractivity contribution is 0.408. The zero-order valence-corrected chi connectivity index (χ0v) is 19.3. The molecule has 3 heterocycles. The number of ether oxygens (including phenoxy) is 1. The van der Waals surface area contributed by atoms with Crippen LogP contribution < -0.4 is 21.5 Å². The van der Waals surface area contributed by atoms with Crippen LogP contribution in [0.1, 0.15) is 43.0 Å². The van der Waals surface area contributed by atoms with E-state index in [1.54, 1.807) is 13.4 Å². The molecule has 9 heteroatoms. The van der Waals surface area contributed by atoms with Crippen molar-refractivity contribution in [2.75, 3.05) is 24.7 Å². The number of benzene rings is 1. The van der Waals surface area contributed by atoms with Crippen LogP contribution in [-0.4, -0.2) is 37.7 Å². The van der Waals surface area contributed by atoms with Crippen molar-refractivity contribution in [3.63, 3.8) is 0 Å². The summed E-state index contributed by atoms with van der Waals surface area (Å²) in [5.74, 6) is 1.88. The van der Waals surface area contributed by atoms with Crippen LogP contribution in [0.2, 0.25) is 0 Å². The quantitative estimate of drug-likeness (QED) is 0.301. The first-order valence-electron chi connectivity index (χ1n) is 11.3. The molecule has 0 atom stereocenters. The second-order valence-corrected chi connectivity index (χ2v) is 8.13. The van der Waals surface area contributed by atoms with E-state index in [1.165, 1.54) is 12.8 Å². The molecule has 33 heavy (non-hydrogen) atoms. The summed E-state index contributed by atoms with van der Waals surface area (Å²) in [6, 6.07) is 8.26. The number of hydrogen-bond donors (Lipinski definition) is 3. The maximum atomic E-state index is 5.95. The molecule has 0 unspecified atom stereocenters. The summed E-state index contributed by atoms with van der Waals surface area (Å²) in [6.45, 7) is 4.81. The predicted octanol–water partition coefficient (Wildman–Crippen LogP) is 3.38. The highest BCUT2D eigenvalue weighted by atomic mass is 16.5. The molecular weight excluding hydrogens is 416 g/mol. The van der Waals surface area contributed by atoms with E-state index in [9.17, 15) is 0 Å². The van der Waals surface area contributed by atoms with Gasteiger partial charge in [0.05, 0.1) is 31.2 Å². The number of methoxy groups -OCH3 is 1. The van der Waals surface area contributed by atoms with Crippen LogP contribution in [0, 0.1) is 0 Å². The van der Waals surface area contributed by atoms with E-state index in [0.717, 1.165) is 52.4 Å². The number of nitrogens with zero attached hydrogens (tertiary/aromatic N) is 5. The van der Waals surface area contributed by atoms with Crippen LogP contribution in [0.4, 0.5) is 11.8 Å². The van der Waals surface area contributed by atoms with Crippen molar-refractivity contribution in [1.82, 2.24) is 24.1 Å². The molecule has 0 bridgehead atoms. The molecule has 0 saturated carbocycles. The molecule has 0 spiro atoms. The number of aromatic nitrogens is 5. The lowest BCUT2D eigenvalue weighted by atomic mass is 10.1. The van der Waals surface area contributed by atoms with Crippen LogP contribution in [0.3, 0.4) is 0 Å². The van der Waals surface area contributed by atoms with Crippen molar-refractivity contribution in [2.45, 2.75) is 45.8 Å². The monoisotopic (exact) mass is 448 g/mol. The molecule has 0 aliphatic rings. The number of unbranched alkanes of at least 4 members (excludes halogenated alkanes) is 2. The largest absolute Gasteiger partial charge is 0.496 e. The van der Waals surface area contributed by atoms with Gasteiger partial charge in [0.2, 0.25) is 5.95 Å². The highest BCUT2D eigenvalue weighted by Gasteiger charge is 2.14. The molecule has 4 rings (SSSR count). The van der Waals surface area contributed by atoms with E-state index >= 15 is 0 Å². The third-order valence-electron chi connectivity index (χ3n) is 5.65. The summed E-state index contributed by atoms with van der Waals surface area (Å²) < 4.78 is 9.89. The first-order chi connectivity index (χ1) is 16.1. The fourth-order valence-electron chi connectivity index (χ4n) is 3.97. The summed E-state index contributed by atoms with van der Waals surface area (Å²) >= 11 is 0. The van der Waals surface area contributed by atoms with Crippen LogP contribution in [0.5, 0.6) is 5.75 Å². The fraction of sp³-hybridized carbons (Fsp3) is 0.375. The zero-order chi connectivity index (χ0) is 23.2. The van der Waals surface area contributed by atoms with Gasteiger partial charge in [-0.2, -0.15) is 4.98 Å². The van der Waals surface area contributed by atoms with E-state index < -0.39 is 0 Å². The minimum Gasteiger partial charge on any atom is -0.496 e. The average molecular weight is 449 g/mol. The smallest absolute Gasteiger partial charge is 0.222 e. The topological polar surface area (TPSA) is 122 Å². The summed E-state index contributed by atoms with van der Waals surface area (Å²) in [4.78, 5) is 13.2. The number of hydrogen-bond acceptors (Lipinski definition) is 7. The number of fused-ring (bicyclic) bond motifs is 1. The molecule has 3 aromatic heterocycles. The first-order valence-corrected chi connectivity index (χ1v) is 11.3. The normalized spacial score (nSPS) is 11.2. The number of nitrogens with two attached hydrogens (primary N) is 2. The minimum absolute atomic E-state index is 0.275. The van der Waals surface area contributed by atoms with Gasteiger partial charge >= 0.3 is 0 Å². The van der Waals surface area contributed by atoms with Gasteiger partial charge in [0.1, 0.15) is 11.3 Å². The predicted molar refractivity (Wildman–Crippen MR) is 131 cm³/mol. The van der Waals surface area contributed by atoms with E-state index in [2.05, 4.69) is 50.0 Å². The van der Waals surface area contributed by atoms with Gasteiger partial charge in [-0.1, -0.05) is 31.9 Å². The van der Waals surface area contributed by atoms with Crippen LogP contribution in [-0.2, 0) is 19.6 Å². The van der Waals surface area contributed by atoms with Crippen LogP contribution in [0.25, 0.3) is 11.0 Å². The summed E-state index contributed by atoms with van der Waals surface area (Å²) in [7, 11) is 1.70. The van der Waals surface area contributed by atoms with Gasteiger partial charge in [-0.25, -0.2) is 9.97 Å². The Morgan fingerprint density at radius 1 is 1.12 bits per heavy atom. The van der Waals surface area contributed by atoms with Crippen molar-refractivity contribution in [3.8, 4) is 5.75 Å². The standard InChI is InChI=1S/C24H32N8O/c1-3-4-5-9-27-23-22-20(29-24(26)30-23)8-10-32(22)14-18-7-6-17(11-21(18)33-2)13-31-15-19(12-25)28-16-31/h6-8,10-11,15-16H,3-5,9,12-14,25H2,1-2H3,(H3,26,27,29,30). The molecule has 0 amide bonds. The zero-order valence-electron chi connectivity index (χ0n) is 19.3. The van der Waals surface area contributed by atoms with Gasteiger partial charge in [0.25, 0.3) is 0 Å². The van der Waals surface area contributed by atoms with Crippen molar-refractivity contribution in [2.24, 2.45) is 5.73 Å². The maximum absolute atomic E-state index is 5.95. The molecule has 0 aliphatic heterocycles. The van der Waals surface area contributed by atoms with Crippen molar-refractivity contribution in [3.05, 3.63) is 59.8 Å². The van der Waals surface area contributed by atoms with E-state index in [-0.39, 0.29) is 5.95 Å². The van der Waals surface area contributed by atoms with Gasteiger partial charge in [0.15, 0.2) is 5.82 Å². The van der Waals surface area contributed by atoms with E-state index in [4.69, 9.17) is 16.2 Å². The second kappa shape index (κ2) is 10.4. The molecule has 0 radical (unpaired) electrons. The Labute approximate surface area is 193 Å². The Hall–Kier alpha value is -3.59. The van der Waals surface area contributed by atoms with Crippen molar-refractivity contribution in [1.29, 1.82) is 0 Å². The van der Waals surface area contributed by atoms with E-state index in [1.807, 2.05) is 23.0 Å². The summed E-state index contributed by atoms with van der Waals surface area (Å²) in [5.41, 5.74) is 16.5. The van der Waals surface area contributed by atoms with Crippen molar-refractivity contribution < 1.29 is 4.74 Å². The highest BCUT2D eigenvalue weighted by Crippen LogP contribution is 2.27. The average Bonchev–Trinajstić information content (AvgIpc) is 3.44. The Morgan fingerprint density at radius 2 is 2.00 bits per heavy atom. The van der Waals surface area contributed by atoms with Gasteiger partial charge in [0, 0.05) is 37.6 Å². The lowest BCUT2D eigenvalue weighted by Gasteiger charge is -2.14. The molecule has 0 fully saturated rings. The third kappa shape index (κ3) is 5.25. The SMILES string of the molecule is CCCCCNc1nc(N)nc2ccn(Cc3ccc(Cn4cnc(CN)c4)cc3OC)c12. The molecule has 0 saturated heterocycles. The Balaban J connectivity index is 1.58. The highest BCUT2D eigenvalue weighted by molar-refractivity contribution is 5.87. The second-order valence-electron chi connectivity index (χ2n) is 8.13. The molecular formula is C24H32N8O. The van der Waals surface area contributed by atoms with Gasteiger partial charge in [-0.05, 0) is 24.1 Å². The summed E-state index contributed by atoms with van der Waals surface area (Å²) in [5, 5.41) is 3.45. The molecule has 5 N–H and O–H groups in total. The minimum atomic E-state index is 0.275. The Bertz CT molecular complexity index is 1210. The Morgan fingerprint density at radius 3 is 2.76 bits per heavy atom. The molecule has 9 nitrogen and oxygen atoms in total. The van der Waals surface area contributed by atoms with Crippen LogP contribution >= 0.6 is 0 Å². The molecule has 174 valence electrons. The van der Waals surface area contributed by atoms with E-state index in [0.29, 0.717) is 19.6 Å². The summed E-state index contributed by atoms with van der Waals surface area (Å²) in [6.07, 6.45) is 9.21. The molecule has 4 aromatic rings. The number of nitrogens with one attached hydrogen (secondary N) is 1. The van der Waals surface area contributed by atoms with Gasteiger partial charge < -0.3 is 30.7 Å². The first kappa shape index (κ1) is 22.6. The third-order valence-corrected chi connectivity index (χ3v) is 5.65. The number of imidazole rings is 1. The van der Waals surface area contributed by atoms with Crippen molar-refractivity contribution >= 4 is 22.8 Å². The number of anilines is 2. The molecule has 1 aromatic carbocycles. The fourth-order valence-corrected chi connectivity index (χ4v) is 3.97. The van der Waals surface area contributed by atoms with Gasteiger partial charge in [-0.3, -0.25) is 0 Å². The Kier molecular flexibility index (Phi) is 7.09. The number of rotatable bonds is 11. The number of nitrogen functional groups attached to an aromatic ring is 1. The van der Waals surface area contributed by atoms with Gasteiger partial charge in [-0.15, -0.1) is 0 Å². The lowest BCUT2D eigenvalue weighted by Crippen LogP contribution is -2.09. The van der Waals surface area contributed by atoms with Crippen LogP contribution in [0.15, 0.2) is 43.0 Å². The maximum Gasteiger partial charge on any atom is 0.222 e. The molecule has 0 aliphatic carbocycles.